The molecule has 2 aliphatic rings. The number of hydrogen-bond acceptors (Lipinski definition) is 2. The summed E-state index contributed by atoms with van der Waals surface area (Å²) in [7, 11) is 0. The number of nitrogens with one attached hydrogen (secondary N) is 2. The van der Waals surface area contributed by atoms with E-state index in [1.54, 1.807) is 0 Å². The van der Waals surface area contributed by atoms with E-state index >= 15 is 0 Å². The lowest BCUT2D eigenvalue weighted by Crippen LogP contribution is -2.44. The number of hydrogen-bond donors (Lipinski definition) is 2. The van der Waals surface area contributed by atoms with Crippen molar-refractivity contribution in [2.75, 3.05) is 13.2 Å². The number of rotatable bonds is 3. The molecule has 0 spiro atoms. The lowest BCUT2D eigenvalue weighted by molar-refractivity contribution is 0.114. The topological polar surface area (TPSA) is 33.3 Å². The Bertz CT molecular complexity index is 223. The van der Waals surface area contributed by atoms with Crippen LogP contribution in [-0.4, -0.2) is 30.4 Å². The first-order valence-electron chi connectivity index (χ1n) is 6.50. The predicted octanol–water partition coefficient (Wildman–Crippen LogP) is 1.96. The second kappa shape index (κ2) is 6.40. The van der Waals surface area contributed by atoms with Crippen LogP contribution in [0.3, 0.4) is 0 Å². The Kier molecular flexibility index (Phi) is 4.85. The second-order valence-electron chi connectivity index (χ2n) is 4.82. The largest absolute Gasteiger partial charge is 0.376 e. The van der Waals surface area contributed by atoms with E-state index in [9.17, 15) is 0 Å². The zero-order valence-electron chi connectivity index (χ0n) is 9.84. The fourth-order valence-electron chi connectivity index (χ4n) is 2.50. The summed E-state index contributed by atoms with van der Waals surface area (Å²) in [6, 6.07) is 0.596. The van der Waals surface area contributed by atoms with E-state index in [-0.39, 0.29) is 0 Å². The van der Waals surface area contributed by atoms with Crippen molar-refractivity contribution < 1.29 is 4.74 Å². The lowest BCUT2D eigenvalue weighted by atomic mass is 9.96. The normalized spacial score (nSPS) is 26.6. The fourth-order valence-corrected chi connectivity index (χ4v) is 2.75. The van der Waals surface area contributed by atoms with Gasteiger partial charge in [-0.3, -0.25) is 0 Å². The van der Waals surface area contributed by atoms with E-state index in [2.05, 4.69) is 10.6 Å². The molecule has 0 amide bonds. The molecule has 1 aliphatic carbocycles. The van der Waals surface area contributed by atoms with Gasteiger partial charge >= 0.3 is 0 Å². The third-order valence-electron chi connectivity index (χ3n) is 3.45. The molecule has 1 saturated carbocycles. The van der Waals surface area contributed by atoms with Crippen LogP contribution in [0.1, 0.15) is 44.9 Å². The van der Waals surface area contributed by atoms with Gasteiger partial charge in [0.1, 0.15) is 0 Å². The molecule has 0 radical (unpaired) electrons. The highest BCUT2D eigenvalue weighted by Crippen LogP contribution is 2.17. The number of thiocarbonyl (C=S) groups is 1. The highest BCUT2D eigenvalue weighted by Gasteiger charge is 2.17. The Morgan fingerprint density at radius 1 is 1.12 bits per heavy atom. The van der Waals surface area contributed by atoms with Crippen molar-refractivity contribution >= 4 is 17.3 Å². The maximum atomic E-state index is 5.54. The predicted molar refractivity (Wildman–Crippen MR) is 69.6 cm³/mol. The smallest absolute Gasteiger partial charge is 0.166 e. The quantitative estimate of drug-likeness (QED) is 0.741. The molecular weight excluding hydrogens is 220 g/mol. The summed E-state index contributed by atoms with van der Waals surface area (Å²) in [5, 5.41) is 7.48. The van der Waals surface area contributed by atoms with Gasteiger partial charge in [-0.15, -0.1) is 0 Å². The Morgan fingerprint density at radius 3 is 2.62 bits per heavy atom. The van der Waals surface area contributed by atoms with Crippen molar-refractivity contribution in [2.24, 2.45) is 0 Å². The highest BCUT2D eigenvalue weighted by molar-refractivity contribution is 7.80. The Balaban J connectivity index is 1.59. The van der Waals surface area contributed by atoms with Crippen LogP contribution in [0.15, 0.2) is 0 Å². The summed E-state index contributed by atoms with van der Waals surface area (Å²) < 4.78 is 5.54. The van der Waals surface area contributed by atoms with Gasteiger partial charge in [0, 0.05) is 19.2 Å². The van der Waals surface area contributed by atoms with Crippen molar-refractivity contribution in [1.29, 1.82) is 0 Å². The van der Waals surface area contributed by atoms with E-state index in [0.717, 1.165) is 18.3 Å². The van der Waals surface area contributed by atoms with Crippen LogP contribution in [0.5, 0.6) is 0 Å². The van der Waals surface area contributed by atoms with Gasteiger partial charge in [0.25, 0.3) is 0 Å². The molecule has 2 fully saturated rings. The first-order chi connectivity index (χ1) is 7.84. The Hall–Kier alpha value is -0.350. The monoisotopic (exact) mass is 242 g/mol. The summed E-state index contributed by atoms with van der Waals surface area (Å²) in [4.78, 5) is 0. The minimum atomic E-state index is 0.367. The lowest BCUT2D eigenvalue weighted by Gasteiger charge is -2.24. The number of ether oxygens (including phenoxy) is 1. The summed E-state index contributed by atoms with van der Waals surface area (Å²) >= 11 is 5.29. The zero-order valence-corrected chi connectivity index (χ0v) is 10.7. The van der Waals surface area contributed by atoms with Crippen LogP contribution in [0, 0.1) is 0 Å². The van der Waals surface area contributed by atoms with Crippen molar-refractivity contribution in [1.82, 2.24) is 10.6 Å². The van der Waals surface area contributed by atoms with Crippen LogP contribution in [0.25, 0.3) is 0 Å². The van der Waals surface area contributed by atoms with Gasteiger partial charge in [-0.25, -0.2) is 0 Å². The van der Waals surface area contributed by atoms with Crippen LogP contribution in [0.2, 0.25) is 0 Å². The summed E-state index contributed by atoms with van der Waals surface area (Å²) in [6.07, 6.45) is 9.32. The molecular formula is C12H22N2OS. The van der Waals surface area contributed by atoms with Crippen molar-refractivity contribution in [2.45, 2.75) is 57.1 Å². The molecule has 2 N–H and O–H groups in total. The van der Waals surface area contributed by atoms with Crippen molar-refractivity contribution in [3.05, 3.63) is 0 Å². The van der Waals surface area contributed by atoms with Gasteiger partial charge in [-0.05, 0) is 37.9 Å². The molecule has 1 atom stereocenters. The summed E-state index contributed by atoms with van der Waals surface area (Å²) in [5.41, 5.74) is 0. The molecule has 0 aromatic rings. The first kappa shape index (κ1) is 12.1. The molecule has 2 rings (SSSR count). The molecule has 0 aromatic heterocycles. The molecule has 92 valence electrons. The third-order valence-corrected chi connectivity index (χ3v) is 3.72. The zero-order chi connectivity index (χ0) is 11.2. The standard InChI is InChI=1S/C12H22N2OS/c16-12(13-9-11-7-4-8-15-11)14-10-5-2-1-3-6-10/h10-11H,1-9H2,(H2,13,14,16)/t11-/m1/s1. The Labute approximate surface area is 103 Å². The van der Waals surface area contributed by atoms with E-state index in [1.807, 2.05) is 0 Å². The molecule has 0 bridgehead atoms. The van der Waals surface area contributed by atoms with E-state index < -0.39 is 0 Å². The highest BCUT2D eigenvalue weighted by atomic mass is 32.1. The summed E-state index contributed by atoms with van der Waals surface area (Å²) in [6.45, 7) is 1.77. The fraction of sp³-hybridized carbons (Fsp3) is 0.917. The minimum Gasteiger partial charge on any atom is -0.376 e. The molecule has 1 heterocycles. The van der Waals surface area contributed by atoms with Gasteiger partial charge in [0.05, 0.1) is 6.10 Å². The van der Waals surface area contributed by atoms with Crippen LogP contribution in [-0.2, 0) is 4.74 Å². The molecule has 4 heteroatoms. The van der Waals surface area contributed by atoms with Gasteiger partial charge in [-0.1, -0.05) is 19.3 Å². The van der Waals surface area contributed by atoms with Gasteiger partial charge in [-0.2, -0.15) is 0 Å². The van der Waals surface area contributed by atoms with Crippen LogP contribution in [0.4, 0.5) is 0 Å². The minimum absolute atomic E-state index is 0.367. The SMILES string of the molecule is S=C(NC[C@H]1CCCO1)NC1CCCCC1. The maximum Gasteiger partial charge on any atom is 0.166 e. The van der Waals surface area contributed by atoms with E-state index in [4.69, 9.17) is 17.0 Å². The van der Waals surface area contributed by atoms with Crippen molar-refractivity contribution in [3.63, 3.8) is 0 Å². The third kappa shape index (κ3) is 3.91. The van der Waals surface area contributed by atoms with Crippen molar-refractivity contribution in [3.8, 4) is 0 Å². The van der Waals surface area contributed by atoms with Crippen LogP contribution >= 0.6 is 12.2 Å². The second-order valence-corrected chi connectivity index (χ2v) is 5.23. The van der Waals surface area contributed by atoms with Crippen LogP contribution < -0.4 is 10.6 Å². The Morgan fingerprint density at radius 2 is 1.94 bits per heavy atom. The van der Waals surface area contributed by atoms with E-state index in [1.165, 1.54) is 44.9 Å². The average molecular weight is 242 g/mol. The van der Waals surface area contributed by atoms with Gasteiger partial charge in [0.15, 0.2) is 5.11 Å². The molecule has 16 heavy (non-hydrogen) atoms. The molecule has 0 aromatic carbocycles. The maximum absolute atomic E-state index is 5.54. The average Bonchev–Trinajstić information content (AvgIpc) is 2.81. The first-order valence-corrected chi connectivity index (χ1v) is 6.91. The van der Waals surface area contributed by atoms with E-state index in [0.29, 0.717) is 12.1 Å². The van der Waals surface area contributed by atoms with Gasteiger partial charge < -0.3 is 15.4 Å². The molecule has 1 saturated heterocycles. The molecule has 1 aliphatic heterocycles. The molecule has 0 unspecified atom stereocenters. The molecule has 3 nitrogen and oxygen atoms in total. The summed E-state index contributed by atoms with van der Waals surface area (Å²) in [5.74, 6) is 0. The van der Waals surface area contributed by atoms with Gasteiger partial charge in [0.2, 0.25) is 0 Å².